The molecule has 4 nitrogen and oxygen atoms in total. The summed E-state index contributed by atoms with van der Waals surface area (Å²) in [7, 11) is 1.63. The summed E-state index contributed by atoms with van der Waals surface area (Å²) in [5.74, 6) is 2.14. The number of phenols is 1. The van der Waals surface area contributed by atoms with Gasteiger partial charge in [-0.2, -0.15) is 0 Å². The number of methoxy groups -OCH3 is 1. The maximum Gasteiger partial charge on any atom is 0.151 e. The van der Waals surface area contributed by atoms with Gasteiger partial charge in [0.25, 0.3) is 0 Å². The lowest BCUT2D eigenvalue weighted by atomic mass is 9.77. The van der Waals surface area contributed by atoms with Crippen LogP contribution in [0.5, 0.6) is 23.0 Å². The highest BCUT2D eigenvalue weighted by atomic mass is 16.5. The molecular weight excluding hydrogens is 316 g/mol. The summed E-state index contributed by atoms with van der Waals surface area (Å²) in [5, 5.41) is 9.92. The first-order chi connectivity index (χ1) is 12.2. The lowest BCUT2D eigenvalue weighted by Gasteiger charge is -2.37. The highest BCUT2D eigenvalue weighted by Gasteiger charge is 2.49. The lowest BCUT2D eigenvalue weighted by molar-refractivity contribution is 0.0198. The Kier molecular flexibility index (Phi) is 2.88. The quantitative estimate of drug-likeness (QED) is 0.720. The Morgan fingerprint density at radius 2 is 1.68 bits per heavy atom. The maximum atomic E-state index is 9.92. The summed E-state index contributed by atoms with van der Waals surface area (Å²) in [4.78, 5) is 0. The van der Waals surface area contributed by atoms with Crippen molar-refractivity contribution in [3.63, 3.8) is 0 Å². The second-order valence-corrected chi connectivity index (χ2v) is 6.27. The van der Waals surface area contributed by atoms with E-state index in [1.54, 1.807) is 19.2 Å². The van der Waals surface area contributed by atoms with Gasteiger partial charge in [0.05, 0.1) is 13.7 Å². The van der Waals surface area contributed by atoms with Gasteiger partial charge >= 0.3 is 0 Å². The molecule has 3 aromatic carbocycles. The van der Waals surface area contributed by atoms with Crippen molar-refractivity contribution in [2.24, 2.45) is 0 Å². The van der Waals surface area contributed by atoms with E-state index in [0.29, 0.717) is 23.9 Å². The molecular formula is C21H16O4. The molecule has 0 aliphatic carbocycles. The van der Waals surface area contributed by atoms with Crippen molar-refractivity contribution in [2.75, 3.05) is 7.11 Å². The van der Waals surface area contributed by atoms with Crippen LogP contribution in [0.15, 0.2) is 60.7 Å². The van der Waals surface area contributed by atoms with Crippen LogP contribution in [0, 0.1) is 0 Å². The number of rotatable bonds is 1. The normalized spacial score (nSPS) is 19.7. The average Bonchev–Trinajstić information content (AvgIpc) is 3.01. The summed E-state index contributed by atoms with van der Waals surface area (Å²) in [6, 6.07) is 19.2. The predicted octanol–water partition coefficient (Wildman–Crippen LogP) is 4.33. The first-order valence-electron chi connectivity index (χ1n) is 8.14. The van der Waals surface area contributed by atoms with Gasteiger partial charge in [-0.1, -0.05) is 24.3 Å². The Balaban J connectivity index is 1.85. The SMILES string of the molecule is COc1ccc2c(c1)Oc1cc(O)ccc1C21OCc2ccccc21. The maximum absolute atomic E-state index is 9.92. The van der Waals surface area contributed by atoms with Crippen LogP contribution in [0.2, 0.25) is 0 Å². The van der Waals surface area contributed by atoms with Gasteiger partial charge in [-0.05, 0) is 35.4 Å². The zero-order chi connectivity index (χ0) is 17.0. The molecule has 3 aromatic rings. The van der Waals surface area contributed by atoms with Crippen molar-refractivity contribution >= 4 is 0 Å². The number of fused-ring (bicyclic) bond motifs is 6. The third-order valence-electron chi connectivity index (χ3n) is 4.97. The fraction of sp³-hybridized carbons (Fsp3) is 0.143. The van der Waals surface area contributed by atoms with Crippen LogP contribution in [-0.4, -0.2) is 12.2 Å². The molecule has 0 bridgehead atoms. The molecule has 2 aliphatic rings. The van der Waals surface area contributed by atoms with E-state index in [9.17, 15) is 5.11 Å². The fourth-order valence-corrected chi connectivity index (χ4v) is 3.85. The van der Waals surface area contributed by atoms with Gasteiger partial charge in [-0.3, -0.25) is 0 Å². The van der Waals surface area contributed by atoms with Gasteiger partial charge < -0.3 is 19.3 Å². The molecule has 4 heteroatoms. The Morgan fingerprint density at radius 3 is 2.52 bits per heavy atom. The van der Waals surface area contributed by atoms with E-state index < -0.39 is 5.60 Å². The molecule has 0 aromatic heterocycles. The van der Waals surface area contributed by atoms with Gasteiger partial charge in [0.2, 0.25) is 0 Å². The molecule has 2 aliphatic heterocycles. The molecule has 0 saturated carbocycles. The molecule has 0 amide bonds. The second kappa shape index (κ2) is 5.01. The van der Waals surface area contributed by atoms with Crippen LogP contribution >= 0.6 is 0 Å². The molecule has 1 N–H and O–H groups in total. The number of hydrogen-bond acceptors (Lipinski definition) is 4. The Hall–Kier alpha value is -2.98. The van der Waals surface area contributed by atoms with Crippen LogP contribution in [0.4, 0.5) is 0 Å². The number of hydrogen-bond donors (Lipinski definition) is 1. The number of ether oxygens (including phenoxy) is 3. The largest absolute Gasteiger partial charge is 0.508 e. The van der Waals surface area contributed by atoms with Crippen molar-refractivity contribution in [3.05, 3.63) is 82.9 Å². The molecule has 0 fully saturated rings. The molecule has 5 rings (SSSR count). The van der Waals surface area contributed by atoms with E-state index in [1.165, 1.54) is 0 Å². The van der Waals surface area contributed by atoms with Crippen LogP contribution in [0.25, 0.3) is 0 Å². The van der Waals surface area contributed by atoms with Gasteiger partial charge in [-0.15, -0.1) is 0 Å². The summed E-state index contributed by atoms with van der Waals surface area (Å²) in [6.45, 7) is 0.530. The molecule has 1 atom stereocenters. The summed E-state index contributed by atoms with van der Waals surface area (Å²) in [5.41, 5.74) is 3.37. The minimum Gasteiger partial charge on any atom is -0.508 e. The van der Waals surface area contributed by atoms with Crippen LogP contribution < -0.4 is 9.47 Å². The Labute approximate surface area is 145 Å². The van der Waals surface area contributed by atoms with E-state index >= 15 is 0 Å². The minimum absolute atomic E-state index is 0.159. The Morgan fingerprint density at radius 1 is 0.920 bits per heavy atom. The van der Waals surface area contributed by atoms with E-state index in [1.807, 2.05) is 36.4 Å². The molecule has 2 heterocycles. The zero-order valence-corrected chi connectivity index (χ0v) is 13.7. The number of aromatic hydroxyl groups is 1. The standard InChI is InChI=1S/C21H16O4/c1-23-15-7-9-18-20(11-15)25-19-10-14(22)6-8-17(19)21(18)16-5-3-2-4-13(16)12-24-21/h2-11,22H,12H2,1H3. The van der Waals surface area contributed by atoms with E-state index in [2.05, 4.69) is 12.1 Å². The summed E-state index contributed by atoms with van der Waals surface area (Å²) in [6.07, 6.45) is 0. The van der Waals surface area contributed by atoms with E-state index in [4.69, 9.17) is 14.2 Å². The fourth-order valence-electron chi connectivity index (χ4n) is 3.85. The smallest absolute Gasteiger partial charge is 0.151 e. The lowest BCUT2D eigenvalue weighted by Crippen LogP contribution is -2.32. The van der Waals surface area contributed by atoms with Crippen molar-refractivity contribution in [2.45, 2.75) is 12.2 Å². The first kappa shape index (κ1) is 14.4. The van der Waals surface area contributed by atoms with E-state index in [-0.39, 0.29) is 5.75 Å². The molecule has 1 unspecified atom stereocenters. The number of benzene rings is 3. The molecule has 0 saturated heterocycles. The average molecular weight is 332 g/mol. The monoisotopic (exact) mass is 332 g/mol. The minimum atomic E-state index is -0.737. The van der Waals surface area contributed by atoms with Crippen molar-refractivity contribution in [3.8, 4) is 23.0 Å². The molecule has 1 spiro atoms. The third kappa shape index (κ3) is 1.86. The van der Waals surface area contributed by atoms with Crippen molar-refractivity contribution in [1.82, 2.24) is 0 Å². The van der Waals surface area contributed by atoms with Crippen molar-refractivity contribution in [1.29, 1.82) is 0 Å². The molecule has 0 radical (unpaired) electrons. The van der Waals surface area contributed by atoms with Gasteiger partial charge in [0, 0.05) is 23.3 Å². The van der Waals surface area contributed by atoms with E-state index in [0.717, 1.165) is 22.3 Å². The van der Waals surface area contributed by atoms with Gasteiger partial charge in [0.15, 0.2) is 5.60 Å². The van der Waals surface area contributed by atoms with Crippen LogP contribution in [0.3, 0.4) is 0 Å². The van der Waals surface area contributed by atoms with Crippen LogP contribution in [-0.2, 0) is 16.9 Å². The second-order valence-electron chi connectivity index (χ2n) is 6.27. The summed E-state index contributed by atoms with van der Waals surface area (Å²) < 4.78 is 17.8. The topological polar surface area (TPSA) is 47.9 Å². The molecule has 124 valence electrons. The van der Waals surface area contributed by atoms with Crippen molar-refractivity contribution < 1.29 is 19.3 Å². The number of phenolic OH excluding ortho intramolecular Hbond substituents is 1. The van der Waals surface area contributed by atoms with Crippen LogP contribution in [0.1, 0.15) is 22.3 Å². The summed E-state index contributed by atoms with van der Waals surface area (Å²) >= 11 is 0. The molecule has 25 heavy (non-hydrogen) atoms. The third-order valence-corrected chi connectivity index (χ3v) is 4.97. The Bertz CT molecular complexity index is 995. The first-order valence-corrected chi connectivity index (χ1v) is 8.14. The zero-order valence-electron chi connectivity index (χ0n) is 13.7. The van der Waals surface area contributed by atoms with Gasteiger partial charge in [-0.25, -0.2) is 0 Å². The van der Waals surface area contributed by atoms with Gasteiger partial charge in [0.1, 0.15) is 23.0 Å². The predicted molar refractivity (Wildman–Crippen MR) is 92.3 cm³/mol. The highest BCUT2D eigenvalue weighted by Crippen LogP contribution is 2.56. The highest BCUT2D eigenvalue weighted by molar-refractivity contribution is 5.65.